The number of aryl methyl sites for hydroxylation is 3. The number of carbonyl (C=O) groups excluding carboxylic acids is 1. The van der Waals surface area contributed by atoms with Crippen LogP contribution >= 0.6 is 22.6 Å². The molecule has 1 amide bonds. The Morgan fingerprint density at radius 1 is 1.24 bits per heavy atom. The molecule has 2 aromatic carbocycles. The van der Waals surface area contributed by atoms with E-state index in [-0.39, 0.29) is 5.57 Å². The van der Waals surface area contributed by atoms with E-state index in [1.54, 1.807) is 0 Å². The molecule has 4 nitrogen and oxygen atoms in total. The molecule has 0 atom stereocenters. The first-order chi connectivity index (χ1) is 12.0. The molecule has 2 aromatic rings. The van der Waals surface area contributed by atoms with E-state index in [1.807, 2.05) is 63.2 Å². The molecule has 0 aromatic heterocycles. The van der Waals surface area contributed by atoms with Crippen LogP contribution in [0.5, 0.6) is 0 Å². The standard InChI is InChI=1S/C20H20IN3O/c1-4-15-7-5-6-13(2)19(15)24-20(25)16(11-22)12-23-18-9-8-17(21)10-14(18)3/h5-10,12,23H,4H2,1-3H3,(H,24,25)/b16-12-. The molecule has 0 unspecified atom stereocenters. The first kappa shape index (κ1) is 19.0. The van der Waals surface area contributed by atoms with E-state index in [9.17, 15) is 10.1 Å². The van der Waals surface area contributed by atoms with Crippen molar-refractivity contribution in [2.75, 3.05) is 10.6 Å². The maximum atomic E-state index is 12.5. The molecule has 0 heterocycles. The van der Waals surface area contributed by atoms with Crippen LogP contribution in [-0.2, 0) is 11.2 Å². The molecule has 0 aliphatic rings. The van der Waals surface area contributed by atoms with E-state index in [1.165, 1.54) is 6.20 Å². The molecule has 0 bridgehead atoms. The fraction of sp³-hybridized carbons (Fsp3) is 0.200. The number of nitrogens with one attached hydrogen (secondary N) is 2. The predicted octanol–water partition coefficient (Wildman–Crippen LogP) is 4.93. The summed E-state index contributed by atoms with van der Waals surface area (Å²) in [5, 5.41) is 15.3. The maximum Gasteiger partial charge on any atom is 0.267 e. The van der Waals surface area contributed by atoms with E-state index < -0.39 is 5.91 Å². The summed E-state index contributed by atoms with van der Waals surface area (Å²) < 4.78 is 1.13. The number of anilines is 2. The topological polar surface area (TPSA) is 64.9 Å². The minimum atomic E-state index is -0.415. The first-order valence-electron chi connectivity index (χ1n) is 7.99. The Hall–Kier alpha value is -2.33. The van der Waals surface area contributed by atoms with Crippen molar-refractivity contribution in [3.63, 3.8) is 0 Å². The second kappa shape index (κ2) is 8.67. The lowest BCUT2D eigenvalue weighted by atomic mass is 10.1. The summed E-state index contributed by atoms with van der Waals surface area (Å²) in [7, 11) is 0. The molecule has 0 aliphatic carbocycles. The lowest BCUT2D eigenvalue weighted by Gasteiger charge is -2.13. The van der Waals surface area contributed by atoms with Crippen molar-refractivity contribution in [1.29, 1.82) is 5.26 Å². The number of hydrogen-bond acceptors (Lipinski definition) is 3. The van der Waals surface area contributed by atoms with Gasteiger partial charge in [0.1, 0.15) is 11.6 Å². The number of halogens is 1. The Morgan fingerprint density at radius 2 is 2.00 bits per heavy atom. The molecule has 0 saturated carbocycles. The first-order valence-corrected chi connectivity index (χ1v) is 9.07. The molecule has 5 heteroatoms. The molecule has 0 radical (unpaired) electrons. The summed E-state index contributed by atoms with van der Waals surface area (Å²) in [6.07, 6.45) is 2.26. The number of hydrogen-bond donors (Lipinski definition) is 2. The molecular weight excluding hydrogens is 425 g/mol. The van der Waals surface area contributed by atoms with Crippen LogP contribution in [0.3, 0.4) is 0 Å². The number of rotatable bonds is 5. The quantitative estimate of drug-likeness (QED) is 0.390. The van der Waals surface area contributed by atoms with Gasteiger partial charge in [0.05, 0.1) is 0 Å². The van der Waals surface area contributed by atoms with Gasteiger partial charge in [0.15, 0.2) is 0 Å². The van der Waals surface area contributed by atoms with Gasteiger partial charge in [0.2, 0.25) is 0 Å². The van der Waals surface area contributed by atoms with Gasteiger partial charge in [0.25, 0.3) is 5.91 Å². The summed E-state index contributed by atoms with van der Waals surface area (Å²) in [4.78, 5) is 12.5. The average Bonchev–Trinajstić information content (AvgIpc) is 2.58. The Morgan fingerprint density at radius 3 is 2.64 bits per heavy atom. The second-order valence-electron chi connectivity index (χ2n) is 5.69. The molecule has 2 rings (SSSR count). The minimum Gasteiger partial charge on any atom is -0.360 e. The number of nitrogens with zero attached hydrogens (tertiary/aromatic N) is 1. The van der Waals surface area contributed by atoms with Crippen LogP contribution in [0.2, 0.25) is 0 Å². The third-order valence-electron chi connectivity index (χ3n) is 3.90. The molecule has 0 fully saturated rings. The van der Waals surface area contributed by atoms with Crippen molar-refractivity contribution in [2.45, 2.75) is 27.2 Å². The normalized spacial score (nSPS) is 10.9. The van der Waals surface area contributed by atoms with Crippen LogP contribution in [-0.4, -0.2) is 5.91 Å². The summed E-state index contributed by atoms with van der Waals surface area (Å²) >= 11 is 2.24. The minimum absolute atomic E-state index is 0.0308. The summed E-state index contributed by atoms with van der Waals surface area (Å²) in [5.41, 5.74) is 4.75. The van der Waals surface area contributed by atoms with Crippen molar-refractivity contribution in [1.82, 2.24) is 0 Å². The Labute approximate surface area is 162 Å². The van der Waals surface area contributed by atoms with Crippen LogP contribution in [0.25, 0.3) is 0 Å². The van der Waals surface area contributed by atoms with Gasteiger partial charge in [-0.3, -0.25) is 4.79 Å². The van der Waals surface area contributed by atoms with Gasteiger partial charge >= 0.3 is 0 Å². The number of benzene rings is 2. The largest absolute Gasteiger partial charge is 0.360 e. The molecule has 0 spiro atoms. The van der Waals surface area contributed by atoms with Gasteiger partial charge in [-0.15, -0.1) is 0 Å². The SMILES string of the molecule is CCc1cccc(C)c1NC(=O)/C(C#N)=C\Nc1ccc(I)cc1C. The van der Waals surface area contributed by atoms with Crippen molar-refractivity contribution in [3.8, 4) is 6.07 Å². The third kappa shape index (κ3) is 4.83. The zero-order valence-corrected chi connectivity index (χ0v) is 16.6. The maximum absolute atomic E-state index is 12.5. The monoisotopic (exact) mass is 445 g/mol. The average molecular weight is 445 g/mol. The lowest BCUT2D eigenvalue weighted by molar-refractivity contribution is -0.112. The van der Waals surface area contributed by atoms with Crippen molar-refractivity contribution >= 4 is 39.9 Å². The highest BCUT2D eigenvalue weighted by atomic mass is 127. The second-order valence-corrected chi connectivity index (χ2v) is 6.94. The van der Waals surface area contributed by atoms with Crippen molar-refractivity contribution in [2.24, 2.45) is 0 Å². The number of nitriles is 1. The van der Waals surface area contributed by atoms with Crippen LogP contribution in [0.15, 0.2) is 48.2 Å². The number of amides is 1. The van der Waals surface area contributed by atoms with E-state index in [0.717, 1.165) is 38.1 Å². The zero-order chi connectivity index (χ0) is 18.4. The molecule has 2 N–H and O–H groups in total. The van der Waals surface area contributed by atoms with E-state index in [2.05, 4.69) is 33.2 Å². The van der Waals surface area contributed by atoms with E-state index in [4.69, 9.17) is 0 Å². The van der Waals surface area contributed by atoms with Crippen LogP contribution in [0, 0.1) is 28.7 Å². The predicted molar refractivity (Wildman–Crippen MR) is 110 cm³/mol. The number of para-hydroxylation sites is 1. The Balaban J connectivity index is 2.20. The van der Waals surface area contributed by atoms with Gasteiger partial charge in [-0.05, 0) is 77.7 Å². The molecular formula is C20H20IN3O. The highest BCUT2D eigenvalue weighted by Crippen LogP contribution is 2.22. The third-order valence-corrected chi connectivity index (χ3v) is 4.58. The van der Waals surface area contributed by atoms with Gasteiger partial charge in [-0.25, -0.2) is 0 Å². The summed E-state index contributed by atoms with van der Waals surface area (Å²) in [5.74, 6) is -0.415. The Kier molecular flexibility index (Phi) is 6.59. The molecule has 0 saturated heterocycles. The van der Waals surface area contributed by atoms with Crippen LogP contribution in [0.4, 0.5) is 11.4 Å². The molecule has 25 heavy (non-hydrogen) atoms. The van der Waals surface area contributed by atoms with Gasteiger partial charge < -0.3 is 10.6 Å². The Bertz CT molecular complexity index is 866. The lowest BCUT2D eigenvalue weighted by Crippen LogP contribution is -2.16. The fourth-order valence-electron chi connectivity index (χ4n) is 2.47. The van der Waals surface area contributed by atoms with Gasteiger partial charge in [-0.1, -0.05) is 25.1 Å². The zero-order valence-electron chi connectivity index (χ0n) is 14.5. The van der Waals surface area contributed by atoms with Crippen LogP contribution in [0.1, 0.15) is 23.6 Å². The van der Waals surface area contributed by atoms with Gasteiger partial charge in [0, 0.05) is 21.1 Å². The van der Waals surface area contributed by atoms with Crippen molar-refractivity contribution < 1.29 is 4.79 Å². The van der Waals surface area contributed by atoms with E-state index >= 15 is 0 Å². The van der Waals surface area contributed by atoms with Crippen LogP contribution < -0.4 is 10.6 Å². The highest BCUT2D eigenvalue weighted by Gasteiger charge is 2.13. The summed E-state index contributed by atoms with van der Waals surface area (Å²) in [6.45, 7) is 5.95. The smallest absolute Gasteiger partial charge is 0.267 e. The molecule has 128 valence electrons. The fourth-order valence-corrected chi connectivity index (χ4v) is 3.12. The van der Waals surface area contributed by atoms with Crippen molar-refractivity contribution in [3.05, 3.63) is 68.4 Å². The molecule has 0 aliphatic heterocycles. The highest BCUT2D eigenvalue weighted by molar-refractivity contribution is 14.1. The summed E-state index contributed by atoms with van der Waals surface area (Å²) in [6, 6.07) is 13.8. The number of carbonyl (C=O) groups is 1. The van der Waals surface area contributed by atoms with Gasteiger partial charge in [-0.2, -0.15) is 5.26 Å². The van der Waals surface area contributed by atoms with E-state index in [0.29, 0.717) is 0 Å².